The van der Waals surface area contributed by atoms with Crippen molar-refractivity contribution < 1.29 is 13.9 Å². The van der Waals surface area contributed by atoms with Crippen LogP contribution in [0.1, 0.15) is 60.6 Å². The molecular weight excluding hydrogens is 471 g/mol. The van der Waals surface area contributed by atoms with Crippen molar-refractivity contribution in [1.82, 2.24) is 24.5 Å². The molecule has 2 N–H and O–H groups in total. The smallest absolute Gasteiger partial charge is 0.166 e. The number of nitrogens with two attached hydrogens (primary N) is 1. The van der Waals surface area contributed by atoms with E-state index in [4.69, 9.17) is 25.4 Å². The van der Waals surface area contributed by atoms with Gasteiger partial charge in [-0.15, -0.1) is 0 Å². The lowest BCUT2D eigenvalue weighted by Crippen LogP contribution is -2.32. The van der Waals surface area contributed by atoms with Crippen molar-refractivity contribution in [3.8, 4) is 28.3 Å². The molecule has 2 aliphatic heterocycles. The molecule has 0 spiro atoms. The summed E-state index contributed by atoms with van der Waals surface area (Å²) in [6.45, 7) is 6.25. The standard InChI is InChI=1S/C28H29FN6O2/c1-4-35-27-15-7-23(28(30)31-10-15)37-14(2)19-8-17(29)5-6-18(19)25-22(11-34(3)32-25)21-9-20(16-12-36-13-16)26(33-35)24(21)27/h5-8,10-11,14,16,20-21H,4,9,12-13H2,1-3H3,(H2,30,31)/t14-,20?,21?/m1/s1. The maximum absolute atomic E-state index is 14.5. The average molecular weight is 501 g/mol. The number of fused-ring (bicyclic) bond motifs is 7. The van der Waals surface area contributed by atoms with E-state index in [1.54, 1.807) is 6.20 Å². The number of halogens is 1. The summed E-state index contributed by atoms with van der Waals surface area (Å²) >= 11 is 0. The lowest BCUT2D eigenvalue weighted by molar-refractivity contribution is -0.0457. The molecule has 3 atom stereocenters. The lowest BCUT2D eigenvalue weighted by atomic mass is 9.84. The third kappa shape index (κ3) is 3.33. The van der Waals surface area contributed by atoms with Gasteiger partial charge in [-0.3, -0.25) is 9.36 Å². The van der Waals surface area contributed by atoms with Gasteiger partial charge in [0.2, 0.25) is 0 Å². The van der Waals surface area contributed by atoms with Gasteiger partial charge in [0.1, 0.15) is 11.9 Å². The van der Waals surface area contributed by atoms with Crippen LogP contribution in [0.5, 0.6) is 5.75 Å². The summed E-state index contributed by atoms with van der Waals surface area (Å²) in [5.74, 6) is 1.26. The second-order valence-corrected chi connectivity index (χ2v) is 10.4. The molecule has 1 aromatic carbocycles. The van der Waals surface area contributed by atoms with Crippen molar-refractivity contribution in [3.63, 3.8) is 0 Å². The van der Waals surface area contributed by atoms with E-state index in [9.17, 15) is 4.39 Å². The van der Waals surface area contributed by atoms with E-state index in [0.29, 0.717) is 23.4 Å². The van der Waals surface area contributed by atoms with Gasteiger partial charge in [0.15, 0.2) is 11.6 Å². The highest BCUT2D eigenvalue weighted by molar-refractivity contribution is 5.75. The van der Waals surface area contributed by atoms with Crippen LogP contribution in [0.3, 0.4) is 0 Å². The van der Waals surface area contributed by atoms with Gasteiger partial charge in [0.05, 0.1) is 30.3 Å². The summed E-state index contributed by atoms with van der Waals surface area (Å²) < 4.78 is 30.4. The van der Waals surface area contributed by atoms with Crippen molar-refractivity contribution in [3.05, 3.63) is 64.9 Å². The number of ether oxygens (including phenoxy) is 2. The minimum atomic E-state index is -0.478. The number of pyridine rings is 1. The number of anilines is 1. The van der Waals surface area contributed by atoms with Crippen LogP contribution in [0.4, 0.5) is 10.2 Å². The van der Waals surface area contributed by atoms with Crippen molar-refractivity contribution in [2.75, 3.05) is 18.9 Å². The lowest BCUT2D eigenvalue weighted by Gasteiger charge is -2.31. The zero-order valence-electron chi connectivity index (χ0n) is 21.1. The van der Waals surface area contributed by atoms with Gasteiger partial charge in [-0.25, -0.2) is 9.37 Å². The van der Waals surface area contributed by atoms with Crippen LogP contribution >= 0.6 is 0 Å². The maximum atomic E-state index is 14.5. The highest BCUT2D eigenvalue weighted by Crippen LogP contribution is 2.54. The first kappa shape index (κ1) is 22.5. The molecule has 8 nitrogen and oxygen atoms in total. The van der Waals surface area contributed by atoms with E-state index in [1.807, 2.05) is 30.8 Å². The highest BCUT2D eigenvalue weighted by atomic mass is 19.1. The van der Waals surface area contributed by atoms with Gasteiger partial charge >= 0.3 is 0 Å². The Morgan fingerprint density at radius 3 is 2.76 bits per heavy atom. The fourth-order valence-electron chi connectivity index (χ4n) is 6.30. The van der Waals surface area contributed by atoms with Crippen LogP contribution in [-0.2, 0) is 18.3 Å². The van der Waals surface area contributed by atoms with Crippen molar-refractivity contribution in [2.45, 2.75) is 44.8 Å². The van der Waals surface area contributed by atoms with Gasteiger partial charge < -0.3 is 15.2 Å². The van der Waals surface area contributed by atoms with Crippen LogP contribution in [0, 0.1) is 11.7 Å². The molecule has 1 fully saturated rings. The summed E-state index contributed by atoms with van der Waals surface area (Å²) in [5.41, 5.74) is 14.1. The molecular formula is C28H29FN6O2. The summed E-state index contributed by atoms with van der Waals surface area (Å²) in [6.07, 6.45) is 4.36. The topological polar surface area (TPSA) is 93.0 Å². The van der Waals surface area contributed by atoms with E-state index < -0.39 is 6.10 Å². The molecule has 0 saturated carbocycles. The quantitative estimate of drug-likeness (QED) is 0.425. The summed E-state index contributed by atoms with van der Waals surface area (Å²) in [4.78, 5) is 4.50. The zero-order valence-corrected chi connectivity index (χ0v) is 21.1. The minimum Gasteiger partial charge on any atom is -0.482 e. The van der Waals surface area contributed by atoms with Crippen LogP contribution in [0.15, 0.2) is 36.7 Å². The fraction of sp³-hybridized carbons (Fsp3) is 0.393. The SMILES string of the molecule is CCn1nc2c3c1-c1cnc(N)c(c1)O[C@H](C)c1cc(F)ccc1-c1nn(C)cc1C3CC2C1COC1. The van der Waals surface area contributed by atoms with Crippen LogP contribution in [0.25, 0.3) is 22.5 Å². The Balaban J connectivity index is 1.55. The Labute approximate surface area is 214 Å². The highest BCUT2D eigenvalue weighted by Gasteiger charge is 2.45. The first-order valence-corrected chi connectivity index (χ1v) is 12.9. The number of nitrogen functional groups attached to an aromatic ring is 1. The maximum Gasteiger partial charge on any atom is 0.166 e. The number of rotatable bonds is 2. The molecule has 5 heterocycles. The number of aryl methyl sites for hydroxylation is 2. The van der Waals surface area contributed by atoms with Gasteiger partial charge in [-0.2, -0.15) is 10.2 Å². The molecule has 2 unspecified atom stereocenters. The third-order valence-corrected chi connectivity index (χ3v) is 8.14. The van der Waals surface area contributed by atoms with Crippen LogP contribution < -0.4 is 10.5 Å². The number of nitrogens with zero attached hydrogens (tertiary/aromatic N) is 5. The normalized spacial score (nSPS) is 22.2. The van der Waals surface area contributed by atoms with Crippen molar-refractivity contribution in [1.29, 1.82) is 0 Å². The molecule has 2 bridgehead atoms. The van der Waals surface area contributed by atoms with Crippen LogP contribution in [-0.4, -0.2) is 37.8 Å². The molecule has 7 rings (SSSR count). The molecule has 37 heavy (non-hydrogen) atoms. The zero-order chi connectivity index (χ0) is 25.4. The molecule has 0 radical (unpaired) electrons. The van der Waals surface area contributed by atoms with Gasteiger partial charge in [-0.1, -0.05) is 0 Å². The van der Waals surface area contributed by atoms with E-state index in [0.717, 1.165) is 65.5 Å². The molecule has 1 aliphatic carbocycles. The van der Waals surface area contributed by atoms with Crippen molar-refractivity contribution >= 4 is 5.82 Å². The van der Waals surface area contributed by atoms with Crippen LogP contribution in [0.2, 0.25) is 0 Å². The van der Waals surface area contributed by atoms with E-state index in [2.05, 4.69) is 22.8 Å². The predicted octanol–water partition coefficient (Wildman–Crippen LogP) is 4.81. The Morgan fingerprint density at radius 2 is 2.00 bits per heavy atom. The monoisotopic (exact) mass is 500 g/mol. The van der Waals surface area contributed by atoms with E-state index >= 15 is 0 Å². The molecule has 190 valence electrons. The van der Waals surface area contributed by atoms with E-state index in [-0.39, 0.29) is 11.7 Å². The number of hydrogen-bond donors (Lipinski definition) is 1. The number of benzene rings is 1. The second kappa shape index (κ2) is 8.14. The summed E-state index contributed by atoms with van der Waals surface area (Å²) in [6, 6.07) is 6.78. The largest absolute Gasteiger partial charge is 0.482 e. The number of hydrogen-bond acceptors (Lipinski definition) is 6. The number of aromatic nitrogens is 5. The minimum absolute atomic E-state index is 0.0779. The predicted molar refractivity (Wildman–Crippen MR) is 137 cm³/mol. The fourth-order valence-corrected chi connectivity index (χ4v) is 6.30. The van der Waals surface area contributed by atoms with Gasteiger partial charge in [0.25, 0.3) is 0 Å². The summed E-state index contributed by atoms with van der Waals surface area (Å²) in [7, 11) is 1.94. The first-order chi connectivity index (χ1) is 17.9. The molecule has 9 heteroatoms. The Hall–Kier alpha value is -3.72. The molecule has 3 aromatic heterocycles. The van der Waals surface area contributed by atoms with E-state index in [1.165, 1.54) is 17.7 Å². The summed E-state index contributed by atoms with van der Waals surface area (Å²) in [5, 5.41) is 10.1. The first-order valence-electron chi connectivity index (χ1n) is 12.9. The second-order valence-electron chi connectivity index (χ2n) is 10.4. The third-order valence-electron chi connectivity index (χ3n) is 8.14. The average Bonchev–Trinajstić information content (AvgIpc) is 3.51. The Morgan fingerprint density at radius 1 is 1.16 bits per heavy atom. The molecule has 0 amide bonds. The Bertz CT molecular complexity index is 1540. The molecule has 3 aliphatic rings. The van der Waals surface area contributed by atoms with Gasteiger partial charge in [0, 0.05) is 71.6 Å². The van der Waals surface area contributed by atoms with Crippen molar-refractivity contribution in [2.24, 2.45) is 13.0 Å². The van der Waals surface area contributed by atoms with Gasteiger partial charge in [-0.05, 0) is 44.5 Å². The Kier molecular flexibility index (Phi) is 4.95. The molecule has 1 saturated heterocycles. The molecule has 4 aromatic rings.